The van der Waals surface area contributed by atoms with Crippen LogP contribution in [0, 0.1) is 28.1 Å². The summed E-state index contributed by atoms with van der Waals surface area (Å²) in [5.41, 5.74) is -0.726. The highest BCUT2D eigenvalue weighted by atomic mass is 16.6. The highest BCUT2D eigenvalue weighted by Crippen LogP contribution is 2.68. The second-order valence-electron chi connectivity index (χ2n) is 10.0. The molecule has 4 aliphatic rings. The topological polar surface area (TPSA) is 46.5 Å². The molecule has 4 rings (SSSR count). The number of carbonyl (C=O) groups is 1. The molecule has 0 aromatic carbocycles. The molecule has 0 aliphatic heterocycles. The predicted octanol–water partition coefficient (Wildman–Crippen LogP) is 4.32. The Kier molecular flexibility index (Phi) is 3.91. The summed E-state index contributed by atoms with van der Waals surface area (Å²) in [7, 11) is 0. The van der Waals surface area contributed by atoms with Crippen molar-refractivity contribution in [3.8, 4) is 0 Å². The molecule has 4 saturated carbocycles. The molecule has 0 amide bonds. The molecule has 0 saturated heterocycles. The molecule has 3 heteroatoms. The maximum absolute atomic E-state index is 12.7. The first-order valence-corrected chi connectivity index (χ1v) is 9.41. The van der Waals surface area contributed by atoms with Crippen LogP contribution in [0.1, 0.15) is 79.6 Å². The molecular formula is C20H34O3. The van der Waals surface area contributed by atoms with Gasteiger partial charge < -0.3 is 9.84 Å². The smallest absolute Gasteiger partial charge is 0.312 e. The fraction of sp³-hybridized carbons (Fsp3) is 0.950. The number of rotatable bonds is 5. The summed E-state index contributed by atoms with van der Waals surface area (Å²) in [4.78, 5) is 12.7. The summed E-state index contributed by atoms with van der Waals surface area (Å²) in [5, 5.41) is 10.1. The first-order chi connectivity index (χ1) is 10.6. The minimum atomic E-state index is -0.450. The van der Waals surface area contributed by atoms with E-state index in [0.29, 0.717) is 18.4 Å². The molecule has 1 N–H and O–H groups in total. The average molecular weight is 322 g/mol. The Morgan fingerprint density at radius 2 is 1.70 bits per heavy atom. The van der Waals surface area contributed by atoms with Crippen molar-refractivity contribution in [3.63, 3.8) is 0 Å². The second-order valence-corrected chi connectivity index (χ2v) is 10.0. The largest absolute Gasteiger partial charge is 0.459 e. The van der Waals surface area contributed by atoms with Gasteiger partial charge in [0.1, 0.15) is 5.60 Å². The number of hydrogen-bond donors (Lipinski definition) is 1. The summed E-state index contributed by atoms with van der Waals surface area (Å²) in [6.45, 7) is 10.5. The van der Waals surface area contributed by atoms with Crippen LogP contribution < -0.4 is 0 Å². The Morgan fingerprint density at radius 1 is 1.13 bits per heavy atom. The quantitative estimate of drug-likeness (QED) is 0.767. The highest BCUT2D eigenvalue weighted by molar-refractivity contribution is 5.76. The first-order valence-electron chi connectivity index (χ1n) is 9.41. The van der Waals surface area contributed by atoms with Crippen molar-refractivity contribution in [2.75, 3.05) is 6.61 Å². The molecule has 2 unspecified atom stereocenters. The Morgan fingerprint density at radius 3 is 2.17 bits per heavy atom. The SMILES string of the molecule is CCC(C)(C)C(=O)OC(C)(C)C12CC3CC(CC(CO)(C3)C1)C2. The number of esters is 1. The van der Waals surface area contributed by atoms with Crippen molar-refractivity contribution >= 4 is 5.97 Å². The van der Waals surface area contributed by atoms with Crippen LogP contribution >= 0.6 is 0 Å². The molecule has 0 spiro atoms. The molecule has 0 aromatic rings. The summed E-state index contributed by atoms with van der Waals surface area (Å²) >= 11 is 0. The Bertz CT molecular complexity index is 477. The van der Waals surface area contributed by atoms with E-state index in [2.05, 4.69) is 13.8 Å². The number of aliphatic hydroxyl groups excluding tert-OH is 1. The van der Waals surface area contributed by atoms with Crippen LogP contribution in [0.2, 0.25) is 0 Å². The maximum atomic E-state index is 12.7. The average Bonchev–Trinajstić information content (AvgIpc) is 2.45. The van der Waals surface area contributed by atoms with E-state index in [1.807, 2.05) is 20.8 Å². The van der Waals surface area contributed by atoms with E-state index in [9.17, 15) is 9.90 Å². The van der Waals surface area contributed by atoms with Gasteiger partial charge in [0.25, 0.3) is 0 Å². The van der Waals surface area contributed by atoms with Crippen molar-refractivity contribution in [1.29, 1.82) is 0 Å². The zero-order valence-electron chi connectivity index (χ0n) is 15.6. The van der Waals surface area contributed by atoms with Crippen molar-refractivity contribution in [2.45, 2.75) is 85.2 Å². The van der Waals surface area contributed by atoms with Crippen LogP contribution in [-0.4, -0.2) is 23.3 Å². The van der Waals surface area contributed by atoms with E-state index in [4.69, 9.17) is 4.74 Å². The van der Waals surface area contributed by atoms with Crippen LogP contribution in [0.5, 0.6) is 0 Å². The molecule has 132 valence electrons. The van der Waals surface area contributed by atoms with Gasteiger partial charge in [-0.15, -0.1) is 0 Å². The van der Waals surface area contributed by atoms with E-state index in [-0.39, 0.29) is 16.8 Å². The summed E-state index contributed by atoms with van der Waals surface area (Å²) in [5.74, 6) is 1.35. The molecule has 23 heavy (non-hydrogen) atoms. The van der Waals surface area contributed by atoms with Crippen LogP contribution in [0.4, 0.5) is 0 Å². The Balaban J connectivity index is 1.86. The van der Waals surface area contributed by atoms with Gasteiger partial charge in [-0.2, -0.15) is 0 Å². The third-order valence-corrected chi connectivity index (χ3v) is 7.58. The summed E-state index contributed by atoms with van der Waals surface area (Å²) in [6, 6.07) is 0. The maximum Gasteiger partial charge on any atom is 0.312 e. The van der Waals surface area contributed by atoms with E-state index in [1.165, 1.54) is 19.3 Å². The normalized spacial score (nSPS) is 39.6. The van der Waals surface area contributed by atoms with Crippen LogP contribution in [-0.2, 0) is 9.53 Å². The predicted molar refractivity (Wildman–Crippen MR) is 90.9 cm³/mol. The van der Waals surface area contributed by atoms with Gasteiger partial charge >= 0.3 is 5.97 Å². The standard InChI is InChI=1S/C20H34O3/c1-6-17(2,3)16(22)23-18(4,5)20-10-14-7-15(11-20)9-19(8-14,12-20)13-21/h14-15,21H,6-13H2,1-5H3. The van der Waals surface area contributed by atoms with Crippen molar-refractivity contribution in [2.24, 2.45) is 28.1 Å². The van der Waals surface area contributed by atoms with Gasteiger partial charge in [-0.25, -0.2) is 0 Å². The highest BCUT2D eigenvalue weighted by Gasteiger charge is 2.63. The lowest BCUT2D eigenvalue weighted by molar-refractivity contribution is -0.224. The van der Waals surface area contributed by atoms with Gasteiger partial charge in [0.15, 0.2) is 0 Å². The molecule has 0 aromatic heterocycles. The van der Waals surface area contributed by atoms with Crippen LogP contribution in [0.3, 0.4) is 0 Å². The number of carbonyl (C=O) groups excluding carboxylic acids is 1. The Labute approximate surface area is 141 Å². The monoisotopic (exact) mass is 322 g/mol. The second kappa shape index (κ2) is 5.21. The minimum absolute atomic E-state index is 0.0549. The fourth-order valence-corrected chi connectivity index (χ4v) is 5.96. The molecule has 4 aliphatic carbocycles. The van der Waals surface area contributed by atoms with Crippen molar-refractivity contribution in [1.82, 2.24) is 0 Å². The zero-order chi connectivity index (χ0) is 17.1. The number of ether oxygens (including phenoxy) is 1. The number of hydrogen-bond acceptors (Lipinski definition) is 3. The third kappa shape index (κ3) is 2.63. The van der Waals surface area contributed by atoms with Crippen LogP contribution in [0.25, 0.3) is 0 Å². The van der Waals surface area contributed by atoms with Gasteiger partial charge in [-0.05, 0) is 89.9 Å². The van der Waals surface area contributed by atoms with E-state index >= 15 is 0 Å². The Hall–Kier alpha value is -0.570. The molecule has 4 fully saturated rings. The van der Waals surface area contributed by atoms with Crippen molar-refractivity contribution < 1.29 is 14.6 Å². The van der Waals surface area contributed by atoms with E-state index in [1.54, 1.807) is 0 Å². The fourth-order valence-electron chi connectivity index (χ4n) is 5.96. The minimum Gasteiger partial charge on any atom is -0.459 e. The molecular weight excluding hydrogens is 288 g/mol. The van der Waals surface area contributed by atoms with Gasteiger partial charge in [-0.3, -0.25) is 4.79 Å². The number of aliphatic hydroxyl groups is 1. The zero-order valence-corrected chi connectivity index (χ0v) is 15.6. The van der Waals surface area contributed by atoms with Crippen molar-refractivity contribution in [3.05, 3.63) is 0 Å². The molecule has 0 radical (unpaired) electrons. The summed E-state index contributed by atoms with van der Waals surface area (Å²) < 4.78 is 6.15. The lowest BCUT2D eigenvalue weighted by Gasteiger charge is -2.65. The van der Waals surface area contributed by atoms with Crippen LogP contribution in [0.15, 0.2) is 0 Å². The molecule has 4 bridgehead atoms. The molecule has 2 atom stereocenters. The van der Waals surface area contributed by atoms with E-state index in [0.717, 1.165) is 25.7 Å². The van der Waals surface area contributed by atoms with Gasteiger partial charge in [0.05, 0.1) is 5.41 Å². The van der Waals surface area contributed by atoms with Gasteiger partial charge in [0, 0.05) is 12.0 Å². The molecule has 3 nitrogen and oxygen atoms in total. The lowest BCUT2D eigenvalue weighted by Crippen LogP contribution is -2.61. The third-order valence-electron chi connectivity index (χ3n) is 7.58. The van der Waals surface area contributed by atoms with Gasteiger partial charge in [0.2, 0.25) is 0 Å². The van der Waals surface area contributed by atoms with Gasteiger partial charge in [-0.1, -0.05) is 6.92 Å². The molecule has 0 heterocycles. The first kappa shape index (κ1) is 17.3. The lowest BCUT2D eigenvalue weighted by atomic mass is 9.41. The van der Waals surface area contributed by atoms with E-state index < -0.39 is 11.0 Å². The summed E-state index contributed by atoms with van der Waals surface area (Å²) in [6.07, 6.45) is 7.81.